The highest BCUT2D eigenvalue weighted by Gasteiger charge is 2.52. The van der Waals surface area contributed by atoms with Crippen LogP contribution >= 0.6 is 0 Å². The Labute approximate surface area is 249 Å². The third-order valence-electron chi connectivity index (χ3n) is 6.99. The van der Waals surface area contributed by atoms with Crippen LogP contribution in [0.1, 0.15) is 104 Å². The number of carbonyl (C=O) groups excluding carboxylic acids is 4. The fraction of sp³-hybridized carbons (Fsp3) is 0.688. The number of carbonyl (C=O) groups is 4. The Balaban J connectivity index is 2.16. The third kappa shape index (κ3) is 12.9. The van der Waals surface area contributed by atoms with Gasteiger partial charge in [0.05, 0.1) is 6.10 Å². The lowest BCUT2D eigenvalue weighted by Crippen LogP contribution is -2.61. The number of hydrogen-bond acceptors (Lipinski definition) is 10. The molecule has 1 aromatic rings. The number of unbranched alkanes of at least 4 members (excludes halogenated alkanes) is 8. The highest BCUT2D eigenvalue weighted by molar-refractivity contribution is 5.74. The summed E-state index contributed by atoms with van der Waals surface area (Å²) in [5.41, 5.74) is 0.826. The zero-order chi connectivity index (χ0) is 30.9. The molecule has 0 spiro atoms. The van der Waals surface area contributed by atoms with Crippen molar-refractivity contribution in [1.29, 1.82) is 0 Å². The van der Waals surface area contributed by atoms with Gasteiger partial charge in [0, 0.05) is 20.8 Å². The van der Waals surface area contributed by atoms with Crippen LogP contribution in [0.2, 0.25) is 0 Å². The second-order valence-electron chi connectivity index (χ2n) is 10.8. The molecule has 42 heavy (non-hydrogen) atoms. The first kappa shape index (κ1) is 35.2. The summed E-state index contributed by atoms with van der Waals surface area (Å²) in [5, 5.41) is 0. The van der Waals surface area contributed by atoms with Crippen LogP contribution in [0.15, 0.2) is 30.3 Å². The van der Waals surface area contributed by atoms with Crippen molar-refractivity contribution >= 4 is 23.9 Å². The Morgan fingerprint density at radius 3 is 1.83 bits per heavy atom. The average molecular weight is 593 g/mol. The first-order valence-electron chi connectivity index (χ1n) is 15.2. The molecule has 1 heterocycles. The lowest BCUT2D eigenvalue weighted by Gasteiger charge is -2.44. The van der Waals surface area contributed by atoms with Gasteiger partial charge in [-0.15, -0.1) is 0 Å². The van der Waals surface area contributed by atoms with Gasteiger partial charge < -0.3 is 28.4 Å². The van der Waals surface area contributed by atoms with Crippen molar-refractivity contribution in [2.45, 2.75) is 142 Å². The van der Waals surface area contributed by atoms with E-state index in [4.69, 9.17) is 28.4 Å². The normalized spacial score (nSPS) is 22.5. The van der Waals surface area contributed by atoms with E-state index in [0.29, 0.717) is 12.8 Å². The quantitative estimate of drug-likeness (QED) is 0.121. The summed E-state index contributed by atoms with van der Waals surface area (Å²) < 4.78 is 34.0. The van der Waals surface area contributed by atoms with E-state index in [1.165, 1.54) is 52.9 Å². The van der Waals surface area contributed by atoms with E-state index in [1.54, 1.807) is 6.92 Å². The lowest BCUT2D eigenvalue weighted by atomic mass is 9.98. The van der Waals surface area contributed by atoms with Gasteiger partial charge in [-0.05, 0) is 18.9 Å². The molecule has 6 atom stereocenters. The first-order valence-corrected chi connectivity index (χ1v) is 15.2. The first-order chi connectivity index (χ1) is 20.1. The minimum Gasteiger partial charge on any atom is -0.459 e. The molecule has 0 bridgehead atoms. The molecule has 1 aromatic carbocycles. The fourth-order valence-electron chi connectivity index (χ4n) is 4.94. The molecule has 1 aliphatic heterocycles. The smallest absolute Gasteiger partial charge is 0.335 e. The maximum absolute atomic E-state index is 13.3. The summed E-state index contributed by atoms with van der Waals surface area (Å²) in [6.45, 7) is 7.48. The summed E-state index contributed by atoms with van der Waals surface area (Å²) in [6.07, 6.45) is 3.65. The number of hydrogen-bond donors (Lipinski definition) is 0. The standard InChI is InChI=1S/C32H48O10/c1-6-7-8-9-10-11-12-13-17-20-27(31(36)37-21-26-18-15-14-16-19-26)42-32-30(41-25(5)35)29(40-24(4)34)28(22(2)38-32)39-23(3)33/h14-16,18-19,22,27-30,32H,6-13,17,20-21H2,1-5H3/t22-,27?,28-,29+,30+,32?/m0/s1. The van der Waals surface area contributed by atoms with Gasteiger partial charge in [-0.1, -0.05) is 95.0 Å². The van der Waals surface area contributed by atoms with Crippen molar-refractivity contribution < 1.29 is 47.6 Å². The molecule has 236 valence electrons. The highest BCUT2D eigenvalue weighted by atomic mass is 16.7. The van der Waals surface area contributed by atoms with Crippen LogP contribution in [-0.2, 0) is 54.2 Å². The van der Waals surface area contributed by atoms with Crippen molar-refractivity contribution in [2.24, 2.45) is 0 Å². The van der Waals surface area contributed by atoms with Crippen molar-refractivity contribution in [3.63, 3.8) is 0 Å². The molecule has 0 amide bonds. The number of esters is 4. The van der Waals surface area contributed by atoms with Gasteiger partial charge in [0.25, 0.3) is 0 Å². The van der Waals surface area contributed by atoms with Gasteiger partial charge in [0.2, 0.25) is 0 Å². The Bertz CT molecular complexity index is 965. The van der Waals surface area contributed by atoms with Crippen molar-refractivity contribution in [3.05, 3.63) is 35.9 Å². The summed E-state index contributed by atoms with van der Waals surface area (Å²) >= 11 is 0. The highest BCUT2D eigenvalue weighted by Crippen LogP contribution is 2.31. The topological polar surface area (TPSA) is 124 Å². The van der Waals surface area contributed by atoms with Gasteiger partial charge in [-0.3, -0.25) is 14.4 Å². The van der Waals surface area contributed by atoms with Crippen LogP contribution in [0.3, 0.4) is 0 Å². The van der Waals surface area contributed by atoms with Crippen LogP contribution in [0.5, 0.6) is 0 Å². The molecular weight excluding hydrogens is 544 g/mol. The van der Waals surface area contributed by atoms with E-state index < -0.39 is 60.7 Å². The number of rotatable bonds is 18. The lowest BCUT2D eigenvalue weighted by molar-refractivity contribution is -0.309. The van der Waals surface area contributed by atoms with Gasteiger partial charge >= 0.3 is 23.9 Å². The maximum atomic E-state index is 13.3. The predicted molar refractivity (Wildman–Crippen MR) is 154 cm³/mol. The van der Waals surface area contributed by atoms with Crippen LogP contribution in [0, 0.1) is 0 Å². The van der Waals surface area contributed by atoms with E-state index in [-0.39, 0.29) is 6.61 Å². The molecule has 1 saturated heterocycles. The Morgan fingerprint density at radius 2 is 1.26 bits per heavy atom. The van der Waals surface area contributed by atoms with Gasteiger partial charge in [-0.25, -0.2) is 4.79 Å². The van der Waals surface area contributed by atoms with Gasteiger partial charge in [-0.2, -0.15) is 0 Å². The molecule has 2 unspecified atom stereocenters. The van der Waals surface area contributed by atoms with Crippen molar-refractivity contribution in [2.75, 3.05) is 0 Å². The van der Waals surface area contributed by atoms with Gasteiger partial charge in [0.1, 0.15) is 6.61 Å². The third-order valence-corrected chi connectivity index (χ3v) is 6.99. The Kier molecular flexibility index (Phi) is 16.1. The molecule has 10 heteroatoms. The largest absolute Gasteiger partial charge is 0.459 e. The zero-order valence-corrected chi connectivity index (χ0v) is 25.7. The van der Waals surface area contributed by atoms with E-state index in [0.717, 1.165) is 24.8 Å². The van der Waals surface area contributed by atoms with Crippen LogP contribution in [-0.4, -0.2) is 60.7 Å². The van der Waals surface area contributed by atoms with Crippen molar-refractivity contribution in [3.8, 4) is 0 Å². The molecule has 10 nitrogen and oxygen atoms in total. The van der Waals surface area contributed by atoms with Crippen LogP contribution < -0.4 is 0 Å². The summed E-state index contributed by atoms with van der Waals surface area (Å²) in [5.74, 6) is -2.56. The summed E-state index contributed by atoms with van der Waals surface area (Å²) in [4.78, 5) is 49.1. The van der Waals surface area contributed by atoms with E-state index in [1.807, 2.05) is 30.3 Å². The molecule has 1 fully saturated rings. The van der Waals surface area contributed by atoms with Gasteiger partial charge in [0.15, 0.2) is 30.7 Å². The molecule has 0 aromatic heterocycles. The average Bonchev–Trinajstić information content (AvgIpc) is 2.94. The van der Waals surface area contributed by atoms with E-state index in [2.05, 4.69) is 6.92 Å². The fourth-order valence-corrected chi connectivity index (χ4v) is 4.94. The monoisotopic (exact) mass is 592 g/mol. The van der Waals surface area contributed by atoms with Crippen LogP contribution in [0.4, 0.5) is 0 Å². The molecule has 0 radical (unpaired) electrons. The minimum atomic E-state index is -1.29. The van der Waals surface area contributed by atoms with Crippen LogP contribution in [0.25, 0.3) is 0 Å². The summed E-state index contributed by atoms with van der Waals surface area (Å²) in [6, 6.07) is 9.29. The van der Waals surface area contributed by atoms with Crippen molar-refractivity contribution in [1.82, 2.24) is 0 Å². The molecule has 0 saturated carbocycles. The summed E-state index contributed by atoms with van der Waals surface area (Å²) in [7, 11) is 0. The SMILES string of the molecule is CCCCCCCCCCCC(OC1O[C@@H](C)[C@H](OC(C)=O)[C@@H](OC(C)=O)[C@H]1OC(C)=O)C(=O)OCc1ccccc1. The number of ether oxygens (including phenoxy) is 6. The molecule has 0 aliphatic carbocycles. The zero-order valence-electron chi connectivity index (χ0n) is 25.7. The molecule has 0 N–H and O–H groups in total. The maximum Gasteiger partial charge on any atom is 0.335 e. The Hall–Kier alpha value is -2.98. The molecule has 1 aliphatic rings. The van der Waals surface area contributed by atoms with E-state index in [9.17, 15) is 19.2 Å². The second kappa shape index (κ2) is 19.3. The van der Waals surface area contributed by atoms with E-state index >= 15 is 0 Å². The molecular formula is C32H48O10. The number of benzene rings is 1. The second-order valence-corrected chi connectivity index (χ2v) is 10.8. The Morgan fingerprint density at radius 1 is 0.738 bits per heavy atom. The minimum absolute atomic E-state index is 0.0667. The molecule has 2 rings (SSSR count). The predicted octanol–water partition coefficient (Wildman–Crippen LogP) is 5.58.